The fourth-order valence-corrected chi connectivity index (χ4v) is 2.00. The first-order valence-corrected chi connectivity index (χ1v) is 5.48. The summed E-state index contributed by atoms with van der Waals surface area (Å²) in [5, 5.41) is 19.6. The fraction of sp³-hybridized carbons (Fsp3) is 0.143. The van der Waals surface area contributed by atoms with Crippen LogP contribution in [0.3, 0.4) is 0 Å². The molecule has 0 saturated carbocycles. The number of rotatable bonds is 3. The number of benzene rings is 2. The zero-order valence-electron chi connectivity index (χ0n) is 9.92. The van der Waals surface area contributed by atoms with E-state index in [2.05, 4.69) is 6.07 Å². The largest absolute Gasteiger partial charge is 0.480 e. The number of carbonyl (C=O) groups is 1. The van der Waals surface area contributed by atoms with E-state index in [0.29, 0.717) is 5.56 Å². The molecule has 0 bridgehead atoms. The minimum atomic E-state index is -0.883. The molecule has 0 fully saturated rings. The van der Waals surface area contributed by atoms with Crippen LogP contribution in [0.4, 0.5) is 5.69 Å². The van der Waals surface area contributed by atoms with Gasteiger partial charge in [0.15, 0.2) is 0 Å². The number of hydrogen-bond acceptors (Lipinski definition) is 3. The molecule has 0 unspecified atom stereocenters. The normalized spacial score (nSPS) is 10.0. The molecule has 0 aromatic heterocycles. The van der Waals surface area contributed by atoms with Gasteiger partial charge < -0.3 is 10.0 Å². The van der Waals surface area contributed by atoms with Crippen LogP contribution in [0, 0.1) is 11.3 Å². The van der Waals surface area contributed by atoms with Crippen LogP contribution < -0.4 is 4.90 Å². The number of carboxylic acids is 1. The van der Waals surface area contributed by atoms with E-state index in [1.54, 1.807) is 24.1 Å². The Labute approximate surface area is 105 Å². The van der Waals surface area contributed by atoms with Gasteiger partial charge in [0.2, 0.25) is 0 Å². The molecular weight excluding hydrogens is 228 g/mol. The van der Waals surface area contributed by atoms with Gasteiger partial charge in [0.1, 0.15) is 6.54 Å². The lowest BCUT2D eigenvalue weighted by atomic mass is 10.0. The topological polar surface area (TPSA) is 64.3 Å². The second-order valence-electron chi connectivity index (χ2n) is 4.04. The van der Waals surface area contributed by atoms with Crippen LogP contribution in [-0.4, -0.2) is 24.7 Å². The fourth-order valence-electron chi connectivity index (χ4n) is 2.00. The third-order valence-corrected chi connectivity index (χ3v) is 2.81. The Kier molecular flexibility index (Phi) is 3.16. The van der Waals surface area contributed by atoms with Gasteiger partial charge in [-0.15, -0.1) is 0 Å². The van der Waals surface area contributed by atoms with Gasteiger partial charge >= 0.3 is 5.97 Å². The van der Waals surface area contributed by atoms with E-state index in [1.165, 1.54) is 0 Å². The number of nitriles is 1. The van der Waals surface area contributed by atoms with Crippen LogP contribution in [0.2, 0.25) is 0 Å². The molecule has 2 aromatic rings. The van der Waals surface area contributed by atoms with Gasteiger partial charge in [-0.3, -0.25) is 4.79 Å². The third-order valence-electron chi connectivity index (χ3n) is 2.81. The highest BCUT2D eigenvalue weighted by Crippen LogP contribution is 2.28. The summed E-state index contributed by atoms with van der Waals surface area (Å²) in [6, 6.07) is 13.1. The number of fused-ring (bicyclic) bond motifs is 1. The summed E-state index contributed by atoms with van der Waals surface area (Å²) < 4.78 is 0. The van der Waals surface area contributed by atoms with Crippen molar-refractivity contribution >= 4 is 22.4 Å². The van der Waals surface area contributed by atoms with Crippen LogP contribution in [0.25, 0.3) is 10.8 Å². The summed E-state index contributed by atoms with van der Waals surface area (Å²) in [4.78, 5) is 12.4. The molecule has 0 saturated heterocycles. The maximum atomic E-state index is 10.7. The minimum absolute atomic E-state index is 0.0735. The Hall–Kier alpha value is -2.54. The lowest BCUT2D eigenvalue weighted by Gasteiger charge is -2.19. The molecule has 0 aliphatic rings. The monoisotopic (exact) mass is 240 g/mol. The van der Waals surface area contributed by atoms with Crippen LogP contribution in [0.15, 0.2) is 36.4 Å². The van der Waals surface area contributed by atoms with Gasteiger partial charge in [0.05, 0.1) is 11.6 Å². The Morgan fingerprint density at radius 2 is 1.94 bits per heavy atom. The maximum absolute atomic E-state index is 10.7. The summed E-state index contributed by atoms with van der Waals surface area (Å²) in [7, 11) is 1.72. The van der Waals surface area contributed by atoms with E-state index in [0.717, 1.165) is 16.5 Å². The zero-order valence-corrected chi connectivity index (χ0v) is 9.92. The Morgan fingerprint density at radius 1 is 1.28 bits per heavy atom. The van der Waals surface area contributed by atoms with Crippen molar-refractivity contribution < 1.29 is 9.90 Å². The molecule has 4 heteroatoms. The molecule has 2 aromatic carbocycles. The van der Waals surface area contributed by atoms with Crippen molar-refractivity contribution in [3.05, 3.63) is 42.0 Å². The SMILES string of the molecule is CN(CC(=O)O)c1ccc(C#N)c2ccccc12. The molecule has 0 aliphatic heterocycles. The average molecular weight is 240 g/mol. The van der Waals surface area contributed by atoms with Crippen molar-refractivity contribution in [2.45, 2.75) is 0 Å². The van der Waals surface area contributed by atoms with Crippen molar-refractivity contribution in [1.29, 1.82) is 5.26 Å². The lowest BCUT2D eigenvalue weighted by molar-refractivity contribution is -0.135. The molecule has 0 spiro atoms. The summed E-state index contributed by atoms with van der Waals surface area (Å²) in [5.74, 6) is -0.883. The van der Waals surface area contributed by atoms with E-state index < -0.39 is 5.97 Å². The zero-order chi connectivity index (χ0) is 13.1. The molecule has 0 heterocycles. The van der Waals surface area contributed by atoms with Crippen LogP contribution in [-0.2, 0) is 4.79 Å². The lowest BCUT2D eigenvalue weighted by Crippen LogP contribution is -2.25. The second kappa shape index (κ2) is 4.76. The van der Waals surface area contributed by atoms with Crippen molar-refractivity contribution in [1.82, 2.24) is 0 Å². The van der Waals surface area contributed by atoms with E-state index >= 15 is 0 Å². The molecule has 18 heavy (non-hydrogen) atoms. The maximum Gasteiger partial charge on any atom is 0.323 e. The van der Waals surface area contributed by atoms with Crippen molar-refractivity contribution in [3.8, 4) is 6.07 Å². The Balaban J connectivity index is 2.60. The predicted molar refractivity (Wildman–Crippen MR) is 69.6 cm³/mol. The van der Waals surface area contributed by atoms with Crippen LogP contribution in [0.5, 0.6) is 0 Å². The number of carboxylic acid groups (broad SMARTS) is 1. The smallest absolute Gasteiger partial charge is 0.323 e. The molecule has 0 amide bonds. The number of hydrogen-bond donors (Lipinski definition) is 1. The Bertz CT molecular complexity index is 644. The van der Waals surface area contributed by atoms with Gasteiger partial charge in [-0.25, -0.2) is 0 Å². The second-order valence-corrected chi connectivity index (χ2v) is 4.04. The summed E-state index contributed by atoms with van der Waals surface area (Å²) in [6.07, 6.45) is 0. The molecule has 0 radical (unpaired) electrons. The molecular formula is C14H12N2O2. The van der Waals surface area contributed by atoms with Crippen molar-refractivity contribution in [2.24, 2.45) is 0 Å². The highest BCUT2D eigenvalue weighted by molar-refractivity contribution is 5.98. The summed E-state index contributed by atoms with van der Waals surface area (Å²) >= 11 is 0. The van der Waals surface area contributed by atoms with E-state index in [4.69, 9.17) is 10.4 Å². The van der Waals surface area contributed by atoms with Crippen molar-refractivity contribution in [3.63, 3.8) is 0 Å². The molecule has 90 valence electrons. The summed E-state index contributed by atoms with van der Waals surface area (Å²) in [5.41, 5.74) is 1.41. The third kappa shape index (κ3) is 2.11. The standard InChI is InChI=1S/C14H12N2O2/c1-16(9-14(17)18)13-7-6-10(8-15)11-4-2-3-5-12(11)13/h2-7H,9H2,1H3,(H,17,18). The quantitative estimate of drug-likeness (QED) is 0.893. The molecule has 0 aliphatic carbocycles. The number of likely N-dealkylation sites (N-methyl/N-ethyl adjacent to an activating group) is 1. The first kappa shape index (κ1) is 11.9. The summed E-state index contributed by atoms with van der Waals surface area (Å²) in [6.45, 7) is -0.0735. The molecule has 1 N–H and O–H groups in total. The van der Waals surface area contributed by atoms with Gasteiger partial charge in [-0.05, 0) is 12.1 Å². The molecule has 0 atom stereocenters. The van der Waals surface area contributed by atoms with Gasteiger partial charge in [-0.1, -0.05) is 24.3 Å². The highest BCUT2D eigenvalue weighted by atomic mass is 16.4. The number of aliphatic carboxylic acids is 1. The van der Waals surface area contributed by atoms with Crippen LogP contribution in [0.1, 0.15) is 5.56 Å². The van der Waals surface area contributed by atoms with E-state index in [-0.39, 0.29) is 6.54 Å². The number of nitrogens with zero attached hydrogens (tertiary/aromatic N) is 2. The van der Waals surface area contributed by atoms with Gasteiger partial charge in [0, 0.05) is 23.5 Å². The molecule has 4 nitrogen and oxygen atoms in total. The van der Waals surface area contributed by atoms with Gasteiger partial charge in [-0.2, -0.15) is 5.26 Å². The first-order chi connectivity index (χ1) is 8.63. The molecule has 2 rings (SSSR count). The average Bonchev–Trinajstić information content (AvgIpc) is 2.36. The highest BCUT2D eigenvalue weighted by Gasteiger charge is 2.11. The van der Waals surface area contributed by atoms with E-state index in [1.807, 2.05) is 24.3 Å². The van der Waals surface area contributed by atoms with E-state index in [9.17, 15) is 4.79 Å². The van der Waals surface area contributed by atoms with Crippen LogP contribution >= 0.6 is 0 Å². The van der Waals surface area contributed by atoms with Crippen molar-refractivity contribution in [2.75, 3.05) is 18.5 Å². The Morgan fingerprint density at radius 3 is 2.56 bits per heavy atom. The predicted octanol–water partition coefficient (Wildman–Crippen LogP) is 2.23. The minimum Gasteiger partial charge on any atom is -0.480 e. The number of anilines is 1. The first-order valence-electron chi connectivity index (χ1n) is 5.48. The van der Waals surface area contributed by atoms with Gasteiger partial charge in [0.25, 0.3) is 0 Å².